The van der Waals surface area contributed by atoms with Gasteiger partial charge in [-0.15, -0.1) is 11.3 Å². The van der Waals surface area contributed by atoms with Gasteiger partial charge in [0.15, 0.2) is 5.76 Å². The highest BCUT2D eigenvalue weighted by molar-refractivity contribution is 7.13. The first-order valence-electron chi connectivity index (χ1n) is 5.08. The van der Waals surface area contributed by atoms with E-state index in [1.54, 1.807) is 12.3 Å². The smallest absolute Gasteiger partial charge is 0.251 e. The molecule has 0 spiro atoms. The zero-order valence-corrected chi connectivity index (χ0v) is 9.90. The van der Waals surface area contributed by atoms with Gasteiger partial charge in [0.2, 0.25) is 0 Å². The van der Waals surface area contributed by atoms with Gasteiger partial charge in [-0.3, -0.25) is 9.89 Å². The molecule has 0 atom stereocenters. The average molecular weight is 260 g/mol. The summed E-state index contributed by atoms with van der Waals surface area (Å²) in [7, 11) is 0. The van der Waals surface area contributed by atoms with Crippen LogP contribution in [0.3, 0.4) is 0 Å². The van der Waals surface area contributed by atoms with Crippen LogP contribution < -0.4 is 5.73 Å². The molecule has 0 bridgehead atoms. The van der Waals surface area contributed by atoms with E-state index in [0.717, 1.165) is 10.7 Å². The van der Waals surface area contributed by atoms with Crippen molar-refractivity contribution in [2.45, 2.75) is 0 Å². The van der Waals surface area contributed by atoms with Crippen LogP contribution in [0.4, 0.5) is 0 Å². The predicted octanol–water partition coefficient (Wildman–Crippen LogP) is 1.89. The lowest BCUT2D eigenvalue weighted by Gasteiger charge is -1.88. The van der Waals surface area contributed by atoms with Crippen LogP contribution in [0.5, 0.6) is 0 Å². The summed E-state index contributed by atoms with van der Waals surface area (Å²) in [6.45, 7) is 0. The first kappa shape index (κ1) is 10.7. The summed E-state index contributed by atoms with van der Waals surface area (Å²) in [5, 5.41) is 9.35. The monoisotopic (exact) mass is 260 g/mol. The molecule has 18 heavy (non-hydrogen) atoms. The van der Waals surface area contributed by atoms with Crippen molar-refractivity contribution in [1.82, 2.24) is 15.2 Å². The number of nitrogens with one attached hydrogen (secondary N) is 1. The Labute approximate surface area is 105 Å². The summed E-state index contributed by atoms with van der Waals surface area (Å²) in [6.07, 6.45) is 2.99. The van der Waals surface area contributed by atoms with Gasteiger partial charge in [-0.1, -0.05) is 0 Å². The highest BCUT2D eigenvalue weighted by Crippen LogP contribution is 2.28. The number of carbonyl (C=O) groups is 1. The second kappa shape index (κ2) is 4.11. The van der Waals surface area contributed by atoms with Crippen molar-refractivity contribution in [3.8, 4) is 22.2 Å². The molecular formula is C11H8N4O2S. The van der Waals surface area contributed by atoms with Crippen LogP contribution in [0.15, 0.2) is 34.4 Å². The molecule has 0 fully saturated rings. The number of aromatic amines is 1. The molecule has 7 heteroatoms. The topological polar surface area (TPSA) is 97.8 Å². The summed E-state index contributed by atoms with van der Waals surface area (Å²) in [5.74, 6) is -0.000152. The number of aromatic nitrogens is 3. The Bertz CT molecular complexity index is 684. The Morgan fingerprint density at radius 3 is 3.06 bits per heavy atom. The number of nitrogens with two attached hydrogens (primary N) is 1. The van der Waals surface area contributed by atoms with Crippen molar-refractivity contribution >= 4 is 17.2 Å². The Morgan fingerprint density at radius 1 is 1.50 bits per heavy atom. The molecule has 3 aromatic heterocycles. The van der Waals surface area contributed by atoms with Crippen molar-refractivity contribution in [3.05, 3.63) is 35.5 Å². The minimum atomic E-state index is -0.519. The number of hydrogen-bond acceptors (Lipinski definition) is 5. The molecule has 0 saturated carbocycles. The molecule has 3 aromatic rings. The molecule has 3 heterocycles. The van der Waals surface area contributed by atoms with E-state index >= 15 is 0 Å². The van der Waals surface area contributed by atoms with E-state index in [9.17, 15) is 4.79 Å². The number of carbonyl (C=O) groups excluding carboxylic acids is 1. The van der Waals surface area contributed by atoms with Crippen molar-refractivity contribution in [1.29, 1.82) is 0 Å². The predicted molar refractivity (Wildman–Crippen MR) is 65.9 cm³/mol. The van der Waals surface area contributed by atoms with Gasteiger partial charge in [-0.05, 0) is 12.1 Å². The van der Waals surface area contributed by atoms with Gasteiger partial charge in [0, 0.05) is 11.6 Å². The van der Waals surface area contributed by atoms with Crippen LogP contribution in [-0.2, 0) is 0 Å². The first-order valence-corrected chi connectivity index (χ1v) is 5.96. The maximum absolute atomic E-state index is 11.0. The van der Waals surface area contributed by atoms with E-state index in [2.05, 4.69) is 15.2 Å². The zero-order valence-electron chi connectivity index (χ0n) is 9.08. The van der Waals surface area contributed by atoms with Gasteiger partial charge in [0.05, 0.1) is 11.3 Å². The average Bonchev–Trinajstić information content (AvgIpc) is 3.10. The van der Waals surface area contributed by atoms with Gasteiger partial charge in [0.1, 0.15) is 17.0 Å². The zero-order chi connectivity index (χ0) is 12.5. The highest BCUT2D eigenvalue weighted by atomic mass is 32.1. The molecule has 6 nitrogen and oxygen atoms in total. The lowest BCUT2D eigenvalue weighted by atomic mass is 10.3. The molecular weight excluding hydrogens is 252 g/mol. The number of nitrogens with zero attached hydrogens (tertiary/aromatic N) is 2. The number of thiazole rings is 1. The van der Waals surface area contributed by atoms with Crippen molar-refractivity contribution in [2.24, 2.45) is 5.73 Å². The maximum atomic E-state index is 11.0. The van der Waals surface area contributed by atoms with Crippen molar-refractivity contribution < 1.29 is 9.21 Å². The van der Waals surface area contributed by atoms with E-state index in [-0.39, 0.29) is 0 Å². The lowest BCUT2D eigenvalue weighted by molar-refractivity contribution is 0.0999. The summed E-state index contributed by atoms with van der Waals surface area (Å²) in [6, 6.07) is 3.41. The second-order valence-corrected chi connectivity index (χ2v) is 4.43. The number of amides is 1. The standard InChI is InChI=1S/C11H8N4O2S/c12-10(16)6-3-9(17-4-6)8-5-18-11(14-8)7-1-2-13-15-7/h1-5H,(H2,12,16)(H,13,15). The molecule has 90 valence electrons. The van der Waals surface area contributed by atoms with Crippen LogP contribution in [0.1, 0.15) is 10.4 Å². The third kappa shape index (κ3) is 1.80. The number of rotatable bonds is 3. The first-order chi connectivity index (χ1) is 8.74. The fraction of sp³-hybridized carbons (Fsp3) is 0. The van der Waals surface area contributed by atoms with Crippen molar-refractivity contribution in [2.75, 3.05) is 0 Å². The minimum absolute atomic E-state index is 0.334. The highest BCUT2D eigenvalue weighted by Gasteiger charge is 2.12. The van der Waals surface area contributed by atoms with Crippen LogP contribution in [-0.4, -0.2) is 21.1 Å². The number of H-pyrrole nitrogens is 1. The Balaban J connectivity index is 1.95. The van der Waals surface area contributed by atoms with E-state index in [1.807, 2.05) is 11.4 Å². The Kier molecular flexibility index (Phi) is 2.45. The molecule has 0 aliphatic carbocycles. The normalized spacial score (nSPS) is 10.7. The summed E-state index contributed by atoms with van der Waals surface area (Å²) in [4.78, 5) is 15.4. The third-order valence-corrected chi connectivity index (χ3v) is 3.25. The molecule has 3 N–H and O–H groups in total. The summed E-state index contributed by atoms with van der Waals surface area (Å²) in [5.41, 5.74) is 7.00. The molecule has 0 aliphatic rings. The molecule has 0 aromatic carbocycles. The van der Waals surface area contributed by atoms with Crippen LogP contribution in [0, 0.1) is 0 Å². The van der Waals surface area contributed by atoms with Gasteiger partial charge in [-0.2, -0.15) is 5.10 Å². The molecule has 0 aliphatic heterocycles. The fourth-order valence-corrected chi connectivity index (χ4v) is 2.27. The van der Waals surface area contributed by atoms with Crippen LogP contribution >= 0.6 is 11.3 Å². The quantitative estimate of drug-likeness (QED) is 0.751. The van der Waals surface area contributed by atoms with Crippen LogP contribution in [0.2, 0.25) is 0 Å². The number of furan rings is 1. The SMILES string of the molecule is NC(=O)c1coc(-c2csc(-c3ccn[nH]3)n2)c1. The summed E-state index contributed by atoms with van der Waals surface area (Å²) >= 11 is 1.46. The number of hydrogen-bond donors (Lipinski definition) is 2. The lowest BCUT2D eigenvalue weighted by Crippen LogP contribution is -2.09. The Hall–Kier alpha value is -2.41. The van der Waals surface area contributed by atoms with Gasteiger partial charge >= 0.3 is 0 Å². The second-order valence-electron chi connectivity index (χ2n) is 3.57. The largest absolute Gasteiger partial charge is 0.462 e. The van der Waals surface area contributed by atoms with Gasteiger partial charge in [-0.25, -0.2) is 4.98 Å². The van der Waals surface area contributed by atoms with Gasteiger partial charge < -0.3 is 10.2 Å². The number of primary amides is 1. The molecule has 0 saturated heterocycles. The van der Waals surface area contributed by atoms with Gasteiger partial charge in [0.25, 0.3) is 5.91 Å². The van der Waals surface area contributed by atoms with E-state index in [4.69, 9.17) is 10.2 Å². The minimum Gasteiger partial charge on any atom is -0.462 e. The molecule has 0 radical (unpaired) electrons. The van der Waals surface area contributed by atoms with E-state index < -0.39 is 5.91 Å². The molecule has 0 unspecified atom stereocenters. The Morgan fingerprint density at radius 2 is 2.39 bits per heavy atom. The third-order valence-electron chi connectivity index (χ3n) is 2.37. The molecule has 1 amide bonds. The fourth-order valence-electron chi connectivity index (χ4n) is 1.49. The maximum Gasteiger partial charge on any atom is 0.251 e. The summed E-state index contributed by atoms with van der Waals surface area (Å²) < 4.78 is 5.26. The van der Waals surface area contributed by atoms with Crippen LogP contribution in [0.25, 0.3) is 22.2 Å². The molecule has 3 rings (SSSR count). The van der Waals surface area contributed by atoms with Crippen molar-refractivity contribution in [3.63, 3.8) is 0 Å². The van der Waals surface area contributed by atoms with E-state index in [0.29, 0.717) is 17.0 Å². The van der Waals surface area contributed by atoms with E-state index in [1.165, 1.54) is 17.6 Å².